The number of carbonyl (C=O) groups is 1. The van der Waals surface area contributed by atoms with E-state index in [1.165, 1.54) is 11.1 Å². The molecule has 0 radical (unpaired) electrons. The maximum Gasteiger partial charge on any atom is 0.223 e. The molecular weight excluding hydrogens is 248 g/mol. The first kappa shape index (κ1) is 13.6. The van der Waals surface area contributed by atoms with E-state index in [-0.39, 0.29) is 17.2 Å². The third kappa shape index (κ3) is 2.88. The number of hydrogen-bond acceptors (Lipinski definition) is 2. The third-order valence-corrected chi connectivity index (χ3v) is 4.92. The van der Waals surface area contributed by atoms with Crippen molar-refractivity contribution >= 4 is 5.91 Å². The Balaban J connectivity index is 1.53. The quantitative estimate of drug-likeness (QED) is 0.882. The van der Waals surface area contributed by atoms with E-state index in [1.54, 1.807) is 0 Å². The van der Waals surface area contributed by atoms with Crippen LogP contribution in [0.2, 0.25) is 0 Å². The Hall–Kier alpha value is -1.35. The molecule has 20 heavy (non-hydrogen) atoms. The Bertz CT molecular complexity index is 467. The molecule has 0 aromatic heterocycles. The average Bonchev–Trinajstić information content (AvgIpc) is 2.89. The lowest BCUT2D eigenvalue weighted by Crippen LogP contribution is -2.44. The molecule has 1 fully saturated rings. The maximum atomic E-state index is 12.4. The first-order valence-electron chi connectivity index (χ1n) is 7.72. The van der Waals surface area contributed by atoms with E-state index in [1.807, 2.05) is 0 Å². The van der Waals surface area contributed by atoms with Gasteiger partial charge in [-0.1, -0.05) is 31.2 Å². The molecule has 1 aliphatic carbocycles. The fraction of sp³-hybridized carbons (Fsp3) is 0.588. The predicted octanol–water partition coefficient (Wildman–Crippen LogP) is 1.91. The summed E-state index contributed by atoms with van der Waals surface area (Å²) in [5, 5.41) is 6.58. The second-order valence-corrected chi connectivity index (χ2v) is 6.65. The Morgan fingerprint density at radius 3 is 2.45 bits per heavy atom. The molecule has 1 amide bonds. The van der Waals surface area contributed by atoms with Crippen LogP contribution < -0.4 is 10.6 Å². The van der Waals surface area contributed by atoms with E-state index in [9.17, 15) is 4.79 Å². The summed E-state index contributed by atoms with van der Waals surface area (Å²) >= 11 is 0. The zero-order valence-electron chi connectivity index (χ0n) is 12.2. The highest BCUT2D eigenvalue weighted by Gasteiger charge is 2.30. The lowest BCUT2D eigenvalue weighted by molar-refractivity contribution is -0.125. The van der Waals surface area contributed by atoms with Gasteiger partial charge in [0.25, 0.3) is 0 Å². The highest BCUT2D eigenvalue weighted by molar-refractivity contribution is 5.80. The van der Waals surface area contributed by atoms with Crippen LogP contribution >= 0.6 is 0 Å². The summed E-state index contributed by atoms with van der Waals surface area (Å²) in [7, 11) is 0. The molecule has 1 aliphatic heterocycles. The monoisotopic (exact) mass is 272 g/mol. The van der Waals surface area contributed by atoms with Gasteiger partial charge < -0.3 is 10.6 Å². The molecule has 2 aliphatic rings. The molecular formula is C17H24N2O. The highest BCUT2D eigenvalue weighted by Crippen LogP contribution is 2.29. The van der Waals surface area contributed by atoms with E-state index in [4.69, 9.17) is 0 Å². The largest absolute Gasteiger partial charge is 0.355 e. The summed E-state index contributed by atoms with van der Waals surface area (Å²) in [6, 6.07) is 8.43. The minimum Gasteiger partial charge on any atom is -0.355 e. The summed E-state index contributed by atoms with van der Waals surface area (Å²) in [5.74, 6) is 0.374. The third-order valence-electron chi connectivity index (χ3n) is 4.92. The first-order valence-corrected chi connectivity index (χ1v) is 7.72. The number of carbonyl (C=O) groups excluding carboxylic acids is 1. The Kier molecular flexibility index (Phi) is 3.79. The van der Waals surface area contributed by atoms with Crippen LogP contribution in [0, 0.1) is 11.3 Å². The van der Waals surface area contributed by atoms with Gasteiger partial charge >= 0.3 is 0 Å². The number of benzene rings is 1. The van der Waals surface area contributed by atoms with Gasteiger partial charge in [-0.05, 0) is 55.3 Å². The number of nitrogens with one attached hydrogen (secondary N) is 2. The van der Waals surface area contributed by atoms with E-state index in [0.717, 1.165) is 45.3 Å². The lowest BCUT2D eigenvalue weighted by atomic mass is 9.81. The Morgan fingerprint density at radius 1 is 1.25 bits per heavy atom. The van der Waals surface area contributed by atoms with Crippen LogP contribution in [-0.2, 0) is 17.6 Å². The van der Waals surface area contributed by atoms with Crippen molar-refractivity contribution in [2.24, 2.45) is 11.3 Å². The van der Waals surface area contributed by atoms with Crippen molar-refractivity contribution in [2.75, 3.05) is 19.6 Å². The number of fused-ring (bicyclic) bond motifs is 1. The van der Waals surface area contributed by atoms with Crippen molar-refractivity contribution in [1.82, 2.24) is 10.6 Å². The van der Waals surface area contributed by atoms with Crippen LogP contribution in [0.1, 0.15) is 30.9 Å². The van der Waals surface area contributed by atoms with Crippen molar-refractivity contribution in [3.8, 4) is 0 Å². The van der Waals surface area contributed by atoms with Crippen molar-refractivity contribution < 1.29 is 4.79 Å². The summed E-state index contributed by atoms with van der Waals surface area (Å²) in [5.41, 5.74) is 2.97. The van der Waals surface area contributed by atoms with Gasteiger partial charge in [0.2, 0.25) is 5.91 Å². The fourth-order valence-electron chi connectivity index (χ4n) is 3.40. The molecule has 1 heterocycles. The second-order valence-electron chi connectivity index (χ2n) is 6.65. The predicted molar refractivity (Wildman–Crippen MR) is 80.6 cm³/mol. The van der Waals surface area contributed by atoms with Gasteiger partial charge in [0.1, 0.15) is 0 Å². The van der Waals surface area contributed by atoms with E-state index in [2.05, 4.69) is 41.8 Å². The molecule has 0 bridgehead atoms. The normalized spacial score (nSPS) is 21.4. The van der Waals surface area contributed by atoms with Crippen LogP contribution in [-0.4, -0.2) is 25.5 Å². The zero-order valence-corrected chi connectivity index (χ0v) is 12.2. The lowest BCUT2D eigenvalue weighted by Gasteiger charge is -2.34. The van der Waals surface area contributed by atoms with Crippen LogP contribution in [0.5, 0.6) is 0 Å². The second kappa shape index (κ2) is 5.57. The molecule has 2 N–H and O–H groups in total. The smallest absolute Gasteiger partial charge is 0.223 e. The first-order chi connectivity index (χ1) is 9.66. The molecule has 1 aromatic carbocycles. The maximum absolute atomic E-state index is 12.4. The molecule has 3 nitrogen and oxygen atoms in total. The van der Waals surface area contributed by atoms with Gasteiger partial charge in [-0.2, -0.15) is 0 Å². The zero-order chi connectivity index (χ0) is 14.0. The molecule has 3 heteroatoms. The standard InChI is InChI=1S/C17H24N2O/c1-17(6-8-18-9-7-17)12-19-16(20)15-10-13-4-2-3-5-14(13)11-15/h2-5,15,18H,6-12H2,1H3,(H,19,20). The average molecular weight is 272 g/mol. The van der Waals surface area contributed by atoms with Crippen LogP contribution in [0.4, 0.5) is 0 Å². The number of hydrogen-bond donors (Lipinski definition) is 2. The van der Waals surface area contributed by atoms with E-state index >= 15 is 0 Å². The van der Waals surface area contributed by atoms with Gasteiger partial charge in [0.15, 0.2) is 0 Å². The van der Waals surface area contributed by atoms with Crippen molar-refractivity contribution in [2.45, 2.75) is 32.6 Å². The molecule has 1 saturated heterocycles. The van der Waals surface area contributed by atoms with Crippen LogP contribution in [0.3, 0.4) is 0 Å². The SMILES string of the molecule is CC1(CNC(=O)C2Cc3ccccc3C2)CCNCC1. The van der Waals surface area contributed by atoms with Gasteiger partial charge in [0.05, 0.1) is 0 Å². The topological polar surface area (TPSA) is 41.1 Å². The summed E-state index contributed by atoms with van der Waals surface area (Å²) in [4.78, 5) is 12.4. The minimum atomic E-state index is 0.137. The van der Waals surface area contributed by atoms with Gasteiger partial charge in [0, 0.05) is 12.5 Å². The Morgan fingerprint density at radius 2 is 1.85 bits per heavy atom. The van der Waals surface area contributed by atoms with Gasteiger partial charge in [-0.15, -0.1) is 0 Å². The molecule has 0 saturated carbocycles. The van der Waals surface area contributed by atoms with Gasteiger partial charge in [-0.25, -0.2) is 0 Å². The van der Waals surface area contributed by atoms with Crippen LogP contribution in [0.25, 0.3) is 0 Å². The molecule has 0 atom stereocenters. The number of piperidine rings is 1. The summed E-state index contributed by atoms with van der Waals surface area (Å²) in [6.07, 6.45) is 4.11. The van der Waals surface area contributed by atoms with Crippen LogP contribution in [0.15, 0.2) is 24.3 Å². The van der Waals surface area contributed by atoms with E-state index in [0.29, 0.717) is 0 Å². The molecule has 3 rings (SSSR count). The highest BCUT2D eigenvalue weighted by atomic mass is 16.1. The summed E-state index contributed by atoms with van der Waals surface area (Å²) < 4.78 is 0. The molecule has 0 spiro atoms. The van der Waals surface area contributed by atoms with Gasteiger partial charge in [-0.3, -0.25) is 4.79 Å². The fourth-order valence-corrected chi connectivity index (χ4v) is 3.40. The van der Waals surface area contributed by atoms with Crippen molar-refractivity contribution in [1.29, 1.82) is 0 Å². The minimum absolute atomic E-state index is 0.137. The summed E-state index contributed by atoms with van der Waals surface area (Å²) in [6.45, 7) is 5.25. The number of amides is 1. The number of rotatable bonds is 3. The molecule has 108 valence electrons. The van der Waals surface area contributed by atoms with E-state index < -0.39 is 0 Å². The Labute approximate surface area is 121 Å². The van der Waals surface area contributed by atoms with Crippen molar-refractivity contribution in [3.05, 3.63) is 35.4 Å². The molecule has 0 unspecified atom stereocenters. The van der Waals surface area contributed by atoms with Crippen molar-refractivity contribution in [3.63, 3.8) is 0 Å². The molecule has 1 aromatic rings.